The second kappa shape index (κ2) is 10.2. The summed E-state index contributed by atoms with van der Waals surface area (Å²) in [5, 5.41) is 14.4. The predicted octanol–water partition coefficient (Wildman–Crippen LogP) is 3.27. The topological polar surface area (TPSA) is 88.9 Å². The lowest BCUT2D eigenvalue weighted by atomic mass is 10.1. The molecule has 3 rings (SSSR count). The lowest BCUT2D eigenvalue weighted by molar-refractivity contribution is -0.113. The molecule has 2 aromatic carbocycles. The van der Waals surface area contributed by atoms with E-state index in [1.165, 1.54) is 30.0 Å². The number of amides is 2. The minimum absolute atomic E-state index is 0.00604. The molecule has 9 heteroatoms. The van der Waals surface area contributed by atoms with E-state index in [-0.39, 0.29) is 23.8 Å². The summed E-state index contributed by atoms with van der Waals surface area (Å²) in [5.74, 6) is -0.305. The first kappa shape index (κ1) is 22.5. The minimum atomic E-state index is -0.559. The summed E-state index contributed by atoms with van der Waals surface area (Å²) in [6.45, 7) is 4.26. The van der Waals surface area contributed by atoms with Gasteiger partial charge in [0.15, 0.2) is 5.16 Å². The first-order valence-electron chi connectivity index (χ1n) is 9.75. The molecule has 0 spiro atoms. The molecule has 31 heavy (non-hydrogen) atoms. The molecule has 0 atom stereocenters. The van der Waals surface area contributed by atoms with Crippen molar-refractivity contribution in [2.75, 3.05) is 17.6 Å². The third-order valence-corrected chi connectivity index (χ3v) is 5.54. The molecular weight excluding hydrogens is 417 g/mol. The number of aryl methyl sites for hydroxylation is 2. The highest BCUT2D eigenvalue weighted by Crippen LogP contribution is 2.18. The number of thioether (sulfide) groups is 1. The van der Waals surface area contributed by atoms with Gasteiger partial charge in [-0.15, -0.1) is 10.2 Å². The molecule has 0 unspecified atom stereocenters. The zero-order valence-corrected chi connectivity index (χ0v) is 18.4. The van der Waals surface area contributed by atoms with Gasteiger partial charge < -0.3 is 15.2 Å². The quantitative estimate of drug-likeness (QED) is 0.524. The van der Waals surface area contributed by atoms with E-state index in [4.69, 9.17) is 0 Å². The first-order chi connectivity index (χ1) is 14.8. The maximum absolute atomic E-state index is 13.7. The molecule has 1 aromatic heterocycles. The van der Waals surface area contributed by atoms with Crippen molar-refractivity contribution < 1.29 is 14.0 Å². The van der Waals surface area contributed by atoms with Crippen molar-refractivity contribution in [3.8, 4) is 0 Å². The number of nitrogens with one attached hydrogen (secondary N) is 2. The Labute approximate surface area is 184 Å². The molecule has 2 amide bonds. The number of hydrogen-bond donors (Lipinski definition) is 2. The number of anilines is 1. The average molecular weight is 442 g/mol. The minimum Gasteiger partial charge on any atom is -0.351 e. The zero-order chi connectivity index (χ0) is 22.4. The lowest BCUT2D eigenvalue weighted by Gasteiger charge is -2.08. The van der Waals surface area contributed by atoms with Gasteiger partial charge >= 0.3 is 0 Å². The van der Waals surface area contributed by atoms with E-state index in [0.717, 1.165) is 16.8 Å². The Morgan fingerprint density at radius 3 is 2.52 bits per heavy atom. The van der Waals surface area contributed by atoms with E-state index in [0.29, 0.717) is 17.4 Å². The maximum atomic E-state index is 13.7. The van der Waals surface area contributed by atoms with Gasteiger partial charge in [0.25, 0.3) is 5.91 Å². The van der Waals surface area contributed by atoms with Gasteiger partial charge in [-0.1, -0.05) is 30.0 Å². The molecule has 7 nitrogen and oxygen atoms in total. The zero-order valence-electron chi connectivity index (χ0n) is 17.6. The summed E-state index contributed by atoms with van der Waals surface area (Å²) in [5.41, 5.74) is 2.95. The Kier molecular flexibility index (Phi) is 7.41. The molecule has 0 aliphatic rings. The highest BCUT2D eigenvalue weighted by atomic mass is 32.2. The Hall–Kier alpha value is -3.20. The number of carbonyl (C=O) groups excluding carboxylic acids is 2. The van der Waals surface area contributed by atoms with E-state index in [2.05, 4.69) is 20.8 Å². The van der Waals surface area contributed by atoms with Gasteiger partial charge in [-0.3, -0.25) is 9.59 Å². The average Bonchev–Trinajstić information content (AvgIpc) is 3.05. The maximum Gasteiger partial charge on any atom is 0.254 e. The fourth-order valence-electron chi connectivity index (χ4n) is 3.09. The molecular formula is C22H24FN5O2S. The molecule has 0 aliphatic carbocycles. The molecule has 0 fully saturated rings. The summed E-state index contributed by atoms with van der Waals surface area (Å²) < 4.78 is 15.4. The number of carbonyl (C=O) groups is 2. The van der Waals surface area contributed by atoms with Gasteiger partial charge in [0.2, 0.25) is 5.91 Å². The number of rotatable bonds is 8. The molecule has 0 radical (unpaired) electrons. The summed E-state index contributed by atoms with van der Waals surface area (Å²) in [7, 11) is 1.80. The van der Waals surface area contributed by atoms with Crippen LogP contribution in [0.2, 0.25) is 0 Å². The van der Waals surface area contributed by atoms with Gasteiger partial charge in [-0.25, -0.2) is 4.39 Å². The number of hydrogen-bond acceptors (Lipinski definition) is 5. The fraction of sp³-hybridized carbons (Fsp3) is 0.273. The van der Waals surface area contributed by atoms with Crippen LogP contribution in [0.4, 0.5) is 10.1 Å². The van der Waals surface area contributed by atoms with Gasteiger partial charge in [-0.05, 0) is 49.2 Å². The Morgan fingerprint density at radius 1 is 1.10 bits per heavy atom. The number of benzene rings is 2. The molecule has 2 N–H and O–H groups in total. The number of nitrogens with zero attached hydrogens (tertiary/aromatic N) is 3. The second-order valence-electron chi connectivity index (χ2n) is 7.16. The van der Waals surface area contributed by atoms with Crippen molar-refractivity contribution in [1.29, 1.82) is 0 Å². The number of aromatic nitrogens is 3. The van der Waals surface area contributed by atoms with Gasteiger partial charge in [0.05, 0.1) is 11.3 Å². The van der Waals surface area contributed by atoms with Crippen molar-refractivity contribution in [2.45, 2.75) is 25.4 Å². The first-order valence-corrected chi connectivity index (χ1v) is 10.7. The standard InChI is InChI=1S/C22H24FN5O2S/c1-14-10-15(2)12-16(11-14)25-20(29)13-31-22-27-26-19(28(22)3)8-9-24-21(30)17-6-4-5-7-18(17)23/h4-7,10-12H,8-9,13H2,1-3H3,(H,24,30)(H,25,29). The van der Waals surface area contributed by atoms with Crippen molar-refractivity contribution in [2.24, 2.45) is 7.05 Å². The molecule has 0 saturated heterocycles. The van der Waals surface area contributed by atoms with E-state index < -0.39 is 11.7 Å². The Bertz CT molecular complexity index is 1080. The fourth-order valence-corrected chi connectivity index (χ4v) is 3.82. The van der Waals surface area contributed by atoms with E-state index in [1.807, 2.05) is 32.0 Å². The van der Waals surface area contributed by atoms with E-state index in [9.17, 15) is 14.0 Å². The van der Waals surface area contributed by atoms with E-state index >= 15 is 0 Å². The molecule has 0 bridgehead atoms. The van der Waals surface area contributed by atoms with Gasteiger partial charge in [0.1, 0.15) is 11.6 Å². The van der Waals surface area contributed by atoms with Crippen molar-refractivity contribution in [3.05, 3.63) is 70.8 Å². The normalized spacial score (nSPS) is 10.7. The molecule has 1 heterocycles. The predicted molar refractivity (Wildman–Crippen MR) is 119 cm³/mol. The van der Waals surface area contributed by atoms with Crippen LogP contribution in [0.25, 0.3) is 0 Å². The highest BCUT2D eigenvalue weighted by Gasteiger charge is 2.14. The van der Waals surface area contributed by atoms with Crippen LogP contribution in [0.1, 0.15) is 27.3 Å². The van der Waals surface area contributed by atoms with E-state index in [1.54, 1.807) is 17.7 Å². The monoisotopic (exact) mass is 441 g/mol. The van der Waals surface area contributed by atoms with Crippen LogP contribution in [0.3, 0.4) is 0 Å². The van der Waals surface area contributed by atoms with Crippen molar-refractivity contribution in [3.63, 3.8) is 0 Å². The molecule has 162 valence electrons. The van der Waals surface area contributed by atoms with Crippen LogP contribution < -0.4 is 10.6 Å². The lowest BCUT2D eigenvalue weighted by Crippen LogP contribution is -2.27. The van der Waals surface area contributed by atoms with Gasteiger partial charge in [-0.2, -0.15) is 0 Å². The second-order valence-corrected chi connectivity index (χ2v) is 8.10. The summed E-state index contributed by atoms with van der Waals surface area (Å²) in [4.78, 5) is 24.3. The van der Waals surface area contributed by atoms with Crippen LogP contribution >= 0.6 is 11.8 Å². The van der Waals surface area contributed by atoms with Gasteiger partial charge in [0, 0.05) is 25.7 Å². The van der Waals surface area contributed by atoms with Crippen LogP contribution in [-0.4, -0.2) is 38.9 Å². The van der Waals surface area contributed by atoms with Crippen molar-refractivity contribution in [1.82, 2.24) is 20.1 Å². The van der Waals surface area contributed by atoms with Crippen LogP contribution in [0, 0.1) is 19.7 Å². The Balaban J connectivity index is 1.49. The third-order valence-electron chi connectivity index (χ3n) is 4.52. The molecule has 0 saturated carbocycles. The summed E-state index contributed by atoms with van der Waals surface area (Å²) >= 11 is 1.28. The smallest absolute Gasteiger partial charge is 0.254 e. The van der Waals surface area contributed by atoms with Crippen LogP contribution in [-0.2, 0) is 18.3 Å². The van der Waals surface area contributed by atoms with Crippen molar-refractivity contribution >= 4 is 29.3 Å². The van der Waals surface area contributed by atoms with Crippen LogP contribution in [0.5, 0.6) is 0 Å². The molecule has 3 aromatic rings. The highest BCUT2D eigenvalue weighted by molar-refractivity contribution is 7.99. The third kappa shape index (κ3) is 6.14. The summed E-state index contributed by atoms with van der Waals surface area (Å²) in [6, 6.07) is 11.7. The largest absolute Gasteiger partial charge is 0.351 e. The SMILES string of the molecule is Cc1cc(C)cc(NC(=O)CSc2nnc(CCNC(=O)c3ccccc3F)n2C)c1. The number of halogens is 1. The Morgan fingerprint density at radius 2 is 1.81 bits per heavy atom. The summed E-state index contributed by atoms with van der Waals surface area (Å²) in [6.07, 6.45) is 0.430. The van der Waals surface area contributed by atoms with Crippen LogP contribution in [0.15, 0.2) is 47.6 Å². The molecule has 0 aliphatic heterocycles.